The van der Waals surface area contributed by atoms with Crippen LogP contribution in [0.4, 0.5) is 5.69 Å². The smallest absolute Gasteiger partial charge is 0.274 e. The van der Waals surface area contributed by atoms with Gasteiger partial charge in [-0.3, -0.25) is 14.7 Å². The molecule has 0 radical (unpaired) electrons. The lowest BCUT2D eigenvalue weighted by molar-refractivity contribution is 0.0557. The Labute approximate surface area is 172 Å². The van der Waals surface area contributed by atoms with E-state index in [1.807, 2.05) is 32.0 Å². The molecule has 0 saturated heterocycles. The van der Waals surface area contributed by atoms with Crippen LogP contribution in [0.3, 0.4) is 0 Å². The summed E-state index contributed by atoms with van der Waals surface area (Å²) in [4.78, 5) is 19.2. The van der Waals surface area contributed by atoms with Crippen LogP contribution in [0.1, 0.15) is 41.9 Å². The average molecular weight is 453 g/mol. The molecule has 2 heterocycles. The molecule has 0 unspecified atom stereocenters. The van der Waals surface area contributed by atoms with Gasteiger partial charge in [-0.25, -0.2) is 0 Å². The largest absolute Gasteiger partial charge is 0.390 e. The first kappa shape index (κ1) is 20.3. The zero-order valence-corrected chi connectivity index (χ0v) is 17.8. The number of hydrogen-bond donors (Lipinski definition) is 2. The number of carbonyl (C=O) groups excluding carboxylic acids is 1. The molecule has 27 heavy (non-hydrogen) atoms. The number of carbonyl (C=O) groups is 1. The summed E-state index contributed by atoms with van der Waals surface area (Å²) in [6, 6.07) is 7.25. The lowest BCUT2D eigenvalue weighted by Crippen LogP contribution is -2.35. The molecule has 0 aliphatic carbocycles. The third-order valence-corrected chi connectivity index (χ3v) is 5.94. The third kappa shape index (κ3) is 5.29. The Hall–Kier alpha value is -1.47. The Morgan fingerprint density at radius 3 is 2.93 bits per heavy atom. The summed E-state index contributed by atoms with van der Waals surface area (Å²) < 4.78 is 0.728. The highest BCUT2D eigenvalue weighted by Gasteiger charge is 2.21. The van der Waals surface area contributed by atoms with Gasteiger partial charge in [-0.15, -0.1) is 0 Å². The molecule has 2 N–H and O–H groups in total. The molecule has 5 nitrogen and oxygen atoms in total. The Kier molecular flexibility index (Phi) is 6.21. The minimum absolute atomic E-state index is 0.276. The van der Waals surface area contributed by atoms with Crippen LogP contribution in [0.25, 0.3) is 0 Å². The van der Waals surface area contributed by atoms with Gasteiger partial charge in [0.2, 0.25) is 0 Å². The Bertz CT molecular complexity index is 852. The van der Waals surface area contributed by atoms with Gasteiger partial charge in [0.1, 0.15) is 5.69 Å². The SMILES string of the molecule is CC(C)(O)CCN1CCc2cc(C(=O)Nc3cccc(Br)c3Cl)ncc2C1. The summed E-state index contributed by atoms with van der Waals surface area (Å²) in [5.41, 5.74) is 2.56. The van der Waals surface area contributed by atoms with E-state index >= 15 is 0 Å². The van der Waals surface area contributed by atoms with Gasteiger partial charge in [0.25, 0.3) is 5.91 Å². The van der Waals surface area contributed by atoms with E-state index in [1.54, 1.807) is 12.3 Å². The summed E-state index contributed by atoms with van der Waals surface area (Å²) in [6.45, 7) is 6.19. The van der Waals surface area contributed by atoms with Crippen molar-refractivity contribution in [2.75, 3.05) is 18.4 Å². The first-order valence-electron chi connectivity index (χ1n) is 8.91. The van der Waals surface area contributed by atoms with Crippen molar-refractivity contribution in [2.45, 2.75) is 38.8 Å². The number of aliphatic hydroxyl groups is 1. The van der Waals surface area contributed by atoms with Gasteiger partial charge in [-0.05, 0) is 71.9 Å². The fourth-order valence-corrected chi connectivity index (χ4v) is 3.57. The fraction of sp³-hybridized carbons (Fsp3) is 0.400. The van der Waals surface area contributed by atoms with Gasteiger partial charge >= 0.3 is 0 Å². The molecule has 144 valence electrons. The van der Waals surface area contributed by atoms with Gasteiger partial charge in [-0.2, -0.15) is 0 Å². The molecule has 7 heteroatoms. The minimum Gasteiger partial charge on any atom is -0.390 e. The lowest BCUT2D eigenvalue weighted by atomic mass is 9.99. The molecule has 0 bridgehead atoms. The molecule has 0 saturated carbocycles. The van der Waals surface area contributed by atoms with Crippen LogP contribution in [-0.4, -0.2) is 39.6 Å². The van der Waals surface area contributed by atoms with E-state index in [0.29, 0.717) is 16.4 Å². The number of pyridine rings is 1. The average Bonchev–Trinajstić information content (AvgIpc) is 2.62. The maximum Gasteiger partial charge on any atom is 0.274 e. The van der Waals surface area contributed by atoms with Gasteiger partial charge in [0.15, 0.2) is 0 Å². The van der Waals surface area contributed by atoms with Gasteiger partial charge < -0.3 is 10.4 Å². The number of halogens is 2. The van der Waals surface area contributed by atoms with Crippen molar-refractivity contribution < 1.29 is 9.90 Å². The molecule has 1 aliphatic heterocycles. The molecule has 3 rings (SSSR count). The predicted octanol–water partition coefficient (Wildman–Crippen LogP) is 4.27. The number of nitrogens with one attached hydrogen (secondary N) is 1. The number of nitrogens with zero attached hydrogens (tertiary/aromatic N) is 2. The van der Waals surface area contributed by atoms with E-state index in [1.165, 1.54) is 0 Å². The molecule has 0 spiro atoms. The summed E-state index contributed by atoms with van der Waals surface area (Å²) in [5, 5.41) is 13.2. The molecule has 1 aromatic heterocycles. The Morgan fingerprint density at radius 1 is 1.41 bits per heavy atom. The zero-order chi connectivity index (χ0) is 19.6. The highest BCUT2D eigenvalue weighted by Crippen LogP contribution is 2.30. The molecule has 2 aromatic rings. The van der Waals surface area contributed by atoms with Crippen LogP contribution in [0, 0.1) is 0 Å². The summed E-state index contributed by atoms with van der Waals surface area (Å²) in [5.74, 6) is -0.276. The van der Waals surface area contributed by atoms with Crippen molar-refractivity contribution in [2.24, 2.45) is 0 Å². The number of hydrogen-bond acceptors (Lipinski definition) is 4. The molecular weight excluding hydrogens is 430 g/mol. The van der Waals surface area contributed by atoms with E-state index in [9.17, 15) is 9.90 Å². The van der Waals surface area contributed by atoms with Crippen LogP contribution in [-0.2, 0) is 13.0 Å². The van der Waals surface area contributed by atoms with Crippen molar-refractivity contribution >= 4 is 39.1 Å². The van der Waals surface area contributed by atoms with E-state index in [4.69, 9.17) is 11.6 Å². The van der Waals surface area contributed by atoms with Crippen LogP contribution in [0.2, 0.25) is 5.02 Å². The normalized spacial score (nSPS) is 14.7. The zero-order valence-electron chi connectivity index (χ0n) is 15.4. The van der Waals surface area contributed by atoms with Gasteiger partial charge in [-0.1, -0.05) is 17.7 Å². The number of amides is 1. The van der Waals surface area contributed by atoms with E-state index < -0.39 is 5.60 Å². The second-order valence-electron chi connectivity index (χ2n) is 7.48. The molecule has 0 fully saturated rings. The molecular formula is C20H23BrClN3O2. The van der Waals surface area contributed by atoms with Crippen molar-refractivity contribution in [3.05, 3.63) is 56.8 Å². The molecule has 1 aliphatic rings. The summed E-state index contributed by atoms with van der Waals surface area (Å²) in [6.07, 6.45) is 3.37. The second kappa shape index (κ2) is 8.27. The van der Waals surface area contributed by atoms with Gasteiger partial charge in [0, 0.05) is 30.3 Å². The summed E-state index contributed by atoms with van der Waals surface area (Å²) in [7, 11) is 0. The lowest BCUT2D eigenvalue weighted by Gasteiger charge is -2.30. The van der Waals surface area contributed by atoms with E-state index in [2.05, 4.69) is 31.1 Å². The third-order valence-electron chi connectivity index (χ3n) is 4.65. The highest BCUT2D eigenvalue weighted by molar-refractivity contribution is 9.10. The quantitative estimate of drug-likeness (QED) is 0.711. The first-order valence-corrected chi connectivity index (χ1v) is 10.1. The monoisotopic (exact) mass is 451 g/mol. The van der Waals surface area contributed by atoms with Crippen molar-refractivity contribution in [3.8, 4) is 0 Å². The van der Waals surface area contributed by atoms with Crippen LogP contribution in [0.5, 0.6) is 0 Å². The van der Waals surface area contributed by atoms with Crippen molar-refractivity contribution in [1.82, 2.24) is 9.88 Å². The Balaban J connectivity index is 1.68. The minimum atomic E-state index is -0.659. The number of fused-ring (bicyclic) bond motifs is 1. The van der Waals surface area contributed by atoms with Crippen molar-refractivity contribution in [1.29, 1.82) is 0 Å². The number of anilines is 1. The maximum atomic E-state index is 12.6. The van der Waals surface area contributed by atoms with Crippen molar-refractivity contribution in [3.63, 3.8) is 0 Å². The number of rotatable bonds is 5. The number of aromatic nitrogens is 1. The Morgan fingerprint density at radius 2 is 2.19 bits per heavy atom. The van der Waals surface area contributed by atoms with Crippen LogP contribution in [0.15, 0.2) is 34.9 Å². The van der Waals surface area contributed by atoms with E-state index in [0.717, 1.165) is 48.1 Å². The topological polar surface area (TPSA) is 65.5 Å². The first-order chi connectivity index (χ1) is 12.7. The maximum absolute atomic E-state index is 12.6. The summed E-state index contributed by atoms with van der Waals surface area (Å²) >= 11 is 9.57. The second-order valence-corrected chi connectivity index (χ2v) is 8.71. The van der Waals surface area contributed by atoms with Gasteiger partial charge in [0.05, 0.1) is 16.3 Å². The number of benzene rings is 1. The standard InChI is InChI=1S/C20H23BrClN3O2/c1-20(2,27)7-9-25-8-6-13-10-17(23-11-14(13)12-25)19(26)24-16-5-3-4-15(21)18(16)22/h3-5,10-11,27H,6-9,12H2,1-2H3,(H,24,26). The molecule has 1 amide bonds. The highest BCUT2D eigenvalue weighted by atomic mass is 79.9. The predicted molar refractivity (Wildman–Crippen MR) is 111 cm³/mol. The van der Waals surface area contributed by atoms with Crippen LogP contribution < -0.4 is 5.32 Å². The fourth-order valence-electron chi connectivity index (χ4n) is 3.03. The van der Waals surface area contributed by atoms with Crippen LogP contribution >= 0.6 is 27.5 Å². The molecule has 0 atom stereocenters. The van der Waals surface area contributed by atoms with E-state index in [-0.39, 0.29) is 5.91 Å². The molecule has 1 aromatic carbocycles.